The number of nitrogens with zero attached hydrogens (tertiary/aromatic N) is 2. The van der Waals surface area contributed by atoms with Crippen LogP contribution in [0.25, 0.3) is 0 Å². The van der Waals surface area contributed by atoms with Crippen molar-refractivity contribution in [1.82, 2.24) is 0 Å². The van der Waals surface area contributed by atoms with Crippen LogP contribution in [0, 0.1) is 0 Å². The summed E-state index contributed by atoms with van der Waals surface area (Å²) in [5.74, 6) is -0.352. The molecule has 12 heteroatoms. The van der Waals surface area contributed by atoms with Crippen molar-refractivity contribution in [3.05, 3.63) is 46.5 Å². The average Bonchev–Trinajstić information content (AvgIpc) is 2.73. The Morgan fingerprint density at radius 1 is 0.553 bits per heavy atom. The Morgan fingerprint density at radius 2 is 0.763 bits per heavy atom. The van der Waals surface area contributed by atoms with Gasteiger partial charge in [-0.05, 0) is 70.2 Å². The summed E-state index contributed by atoms with van der Waals surface area (Å²) < 4.78 is 70.2. The van der Waals surface area contributed by atoms with E-state index in [1.807, 2.05) is 55.4 Å². The van der Waals surface area contributed by atoms with Crippen molar-refractivity contribution in [2.75, 3.05) is 0 Å². The van der Waals surface area contributed by atoms with Gasteiger partial charge in [-0.1, -0.05) is 55.4 Å². The second-order valence-corrected chi connectivity index (χ2v) is 12.7. The number of hydrogen-bond donors (Lipinski definition) is 0. The number of benzene rings is 2. The fourth-order valence-electron chi connectivity index (χ4n) is 3.87. The maximum atomic E-state index is 11.7. The molecule has 0 aromatic heterocycles. The van der Waals surface area contributed by atoms with Crippen molar-refractivity contribution in [2.24, 2.45) is 9.98 Å². The van der Waals surface area contributed by atoms with Gasteiger partial charge in [0.1, 0.15) is 20.2 Å². The van der Waals surface area contributed by atoms with Crippen LogP contribution in [0.15, 0.2) is 44.0 Å². The molecule has 0 aliphatic heterocycles. The van der Waals surface area contributed by atoms with Crippen LogP contribution in [0.2, 0.25) is 0 Å². The monoisotopic (exact) mass is 580 g/mol. The molecule has 0 bridgehead atoms. The zero-order valence-electron chi connectivity index (χ0n) is 23.9. The molecule has 0 saturated carbocycles. The van der Waals surface area contributed by atoms with Crippen LogP contribution in [0.1, 0.15) is 101 Å². The zero-order chi connectivity index (χ0) is 27.6. The van der Waals surface area contributed by atoms with Crippen molar-refractivity contribution >= 4 is 44.0 Å². The molecule has 0 N–H and O–H groups in total. The van der Waals surface area contributed by atoms with Gasteiger partial charge >= 0.3 is 59.1 Å². The minimum atomic E-state index is -4.63. The van der Waals surface area contributed by atoms with Crippen LogP contribution in [0.3, 0.4) is 0 Å². The largest absolute Gasteiger partial charge is 1.00 e. The van der Waals surface area contributed by atoms with Gasteiger partial charge in [0.2, 0.25) is 0 Å². The molecule has 0 aliphatic rings. The minimum Gasteiger partial charge on any atom is -0.744 e. The first kappa shape index (κ1) is 37.6. The SMILES string of the molecule is CC(C)c1cc(S(=O)(=O)[O-])cc(C(C)C)c1N=CC=Nc1c(C(C)C)cc(S(=O)(=O)[O-])cc1C(C)C.[Na+].[Na+]. The molecule has 0 spiro atoms. The molecule has 0 amide bonds. The second kappa shape index (κ2) is 15.0. The fourth-order valence-corrected chi connectivity index (χ4v) is 4.95. The van der Waals surface area contributed by atoms with Crippen molar-refractivity contribution in [3.8, 4) is 0 Å². The molecule has 8 nitrogen and oxygen atoms in total. The first-order valence-corrected chi connectivity index (χ1v) is 14.6. The summed E-state index contributed by atoms with van der Waals surface area (Å²) in [6, 6.07) is 5.49. The normalized spacial score (nSPS) is 12.7. The van der Waals surface area contributed by atoms with E-state index in [4.69, 9.17) is 0 Å². The van der Waals surface area contributed by atoms with Crippen LogP contribution >= 0.6 is 0 Å². The van der Waals surface area contributed by atoms with E-state index < -0.39 is 20.2 Å². The Kier molecular flexibility index (Phi) is 14.8. The fraction of sp³-hybridized carbons (Fsp3) is 0.462. The van der Waals surface area contributed by atoms with E-state index in [1.165, 1.54) is 36.7 Å². The number of rotatable bonds is 9. The zero-order valence-corrected chi connectivity index (χ0v) is 29.6. The van der Waals surface area contributed by atoms with Gasteiger partial charge in [-0.15, -0.1) is 0 Å². The predicted octanol–water partition coefficient (Wildman–Crippen LogP) is 0.101. The molecule has 0 atom stereocenters. The van der Waals surface area contributed by atoms with Gasteiger partial charge in [0.05, 0.1) is 21.2 Å². The quantitative estimate of drug-likeness (QED) is 0.234. The number of hydrogen-bond acceptors (Lipinski definition) is 8. The molecular formula is C26H34N2Na2O6S2. The summed E-state index contributed by atoms with van der Waals surface area (Å²) in [5, 5.41) is 0. The number of aliphatic imine (C=N–C) groups is 2. The van der Waals surface area contributed by atoms with Crippen molar-refractivity contribution in [3.63, 3.8) is 0 Å². The Hall–Kier alpha value is -0.400. The van der Waals surface area contributed by atoms with Crippen LogP contribution in [-0.2, 0) is 20.2 Å². The van der Waals surface area contributed by atoms with Gasteiger partial charge in [0.15, 0.2) is 0 Å². The van der Waals surface area contributed by atoms with Gasteiger partial charge in [-0.3, -0.25) is 9.98 Å². The maximum absolute atomic E-state index is 11.7. The van der Waals surface area contributed by atoms with E-state index in [0.29, 0.717) is 33.6 Å². The molecule has 0 aliphatic carbocycles. The smallest absolute Gasteiger partial charge is 0.744 e. The van der Waals surface area contributed by atoms with Gasteiger partial charge in [-0.2, -0.15) is 0 Å². The molecule has 2 rings (SSSR count). The summed E-state index contributed by atoms with van der Waals surface area (Å²) in [6.45, 7) is 15.1. The van der Waals surface area contributed by atoms with Crippen molar-refractivity contribution in [1.29, 1.82) is 0 Å². The van der Waals surface area contributed by atoms with Crippen molar-refractivity contribution in [2.45, 2.75) is 88.9 Å². The Labute approximate surface area is 271 Å². The van der Waals surface area contributed by atoms with E-state index in [-0.39, 0.29) is 92.6 Å². The van der Waals surface area contributed by atoms with Gasteiger partial charge in [-0.25, -0.2) is 16.8 Å². The third-order valence-electron chi connectivity index (χ3n) is 5.82. The molecule has 0 saturated heterocycles. The van der Waals surface area contributed by atoms with Crippen molar-refractivity contribution < 1.29 is 85.1 Å². The van der Waals surface area contributed by atoms with Crippen LogP contribution in [-0.4, -0.2) is 38.4 Å². The maximum Gasteiger partial charge on any atom is 1.00 e. The predicted molar refractivity (Wildman–Crippen MR) is 141 cm³/mol. The summed E-state index contributed by atoms with van der Waals surface area (Å²) >= 11 is 0. The first-order valence-electron chi connectivity index (χ1n) is 11.8. The molecule has 0 unspecified atom stereocenters. The summed E-state index contributed by atoms with van der Waals surface area (Å²) in [6.07, 6.45) is 2.98. The Bertz CT molecular complexity index is 1230. The van der Waals surface area contributed by atoms with Crippen LogP contribution in [0.5, 0.6) is 0 Å². The van der Waals surface area contributed by atoms with E-state index in [9.17, 15) is 25.9 Å². The summed E-state index contributed by atoms with van der Waals surface area (Å²) in [7, 11) is -9.25. The topological polar surface area (TPSA) is 139 Å². The Morgan fingerprint density at radius 3 is 0.921 bits per heavy atom. The Balaban J connectivity index is 0.00000684. The molecule has 2 aromatic rings. The van der Waals surface area contributed by atoms with E-state index in [0.717, 1.165) is 0 Å². The average molecular weight is 581 g/mol. The molecule has 38 heavy (non-hydrogen) atoms. The standard InChI is InChI=1S/C26H36N2O6S2.2Na/c1-15(2)21-11-19(35(29,30)31)12-22(16(3)4)25(21)27-9-10-28-26-23(17(5)6)13-20(36(32,33)34)14-24(26)18(7)8;;/h9-18H,1-8H3,(H,29,30,31)(H,32,33,34);;/q;2*+1/p-2. The van der Waals surface area contributed by atoms with E-state index >= 15 is 0 Å². The van der Waals surface area contributed by atoms with E-state index in [2.05, 4.69) is 9.98 Å². The molecular weight excluding hydrogens is 546 g/mol. The molecule has 0 radical (unpaired) electrons. The van der Waals surface area contributed by atoms with E-state index in [1.54, 1.807) is 0 Å². The summed E-state index contributed by atoms with van der Waals surface area (Å²) in [5.41, 5.74) is 3.71. The first-order chi connectivity index (χ1) is 16.4. The summed E-state index contributed by atoms with van der Waals surface area (Å²) in [4.78, 5) is 8.59. The second-order valence-electron chi connectivity index (χ2n) is 9.98. The minimum absolute atomic E-state index is 0. The van der Waals surface area contributed by atoms with Gasteiger partial charge < -0.3 is 9.11 Å². The van der Waals surface area contributed by atoms with Crippen LogP contribution < -0.4 is 59.1 Å². The molecule has 198 valence electrons. The van der Waals surface area contributed by atoms with Gasteiger partial charge in [0.25, 0.3) is 0 Å². The molecule has 0 fully saturated rings. The molecule has 0 heterocycles. The third-order valence-corrected chi connectivity index (χ3v) is 7.45. The van der Waals surface area contributed by atoms with Gasteiger partial charge in [0, 0.05) is 12.4 Å². The third kappa shape index (κ3) is 9.61. The van der Waals surface area contributed by atoms with Crippen LogP contribution in [0.4, 0.5) is 11.4 Å². The molecule has 2 aromatic carbocycles.